The van der Waals surface area contributed by atoms with Gasteiger partial charge in [0, 0.05) is 24.9 Å². The van der Waals surface area contributed by atoms with Gasteiger partial charge in [0.25, 0.3) is 0 Å². The molecule has 3 rings (SSSR count). The molecule has 0 aliphatic carbocycles. The van der Waals surface area contributed by atoms with Crippen molar-refractivity contribution in [2.75, 3.05) is 20.2 Å². The molecule has 0 radical (unpaired) electrons. The number of aromatic amines is 1. The number of hydrogen-bond acceptors (Lipinski definition) is 4. The summed E-state index contributed by atoms with van der Waals surface area (Å²) in [4.78, 5) is 25.1. The van der Waals surface area contributed by atoms with Gasteiger partial charge in [-0.3, -0.25) is 14.7 Å². The molecule has 6 nitrogen and oxygen atoms in total. The molecule has 0 spiro atoms. The number of likely N-dealkylation sites (tertiary alicyclic amines) is 1. The smallest absolute Gasteiger partial charge is 0.310 e. The Bertz CT molecular complexity index is 680. The van der Waals surface area contributed by atoms with Gasteiger partial charge in [-0.25, -0.2) is 0 Å². The van der Waals surface area contributed by atoms with E-state index in [-0.39, 0.29) is 24.2 Å². The van der Waals surface area contributed by atoms with Crippen molar-refractivity contribution >= 4 is 22.8 Å². The number of hydrogen-bond donors (Lipinski definition) is 1. The highest BCUT2D eigenvalue weighted by Crippen LogP contribution is 2.20. The lowest BCUT2D eigenvalue weighted by Gasteiger charge is -2.16. The molecule has 6 heteroatoms. The number of amides is 1. The second kappa shape index (κ2) is 5.55. The van der Waals surface area contributed by atoms with E-state index in [1.807, 2.05) is 18.2 Å². The largest absolute Gasteiger partial charge is 0.469 e. The lowest BCUT2D eigenvalue weighted by molar-refractivity contribution is -0.145. The van der Waals surface area contributed by atoms with E-state index in [4.69, 9.17) is 4.74 Å². The first-order chi connectivity index (χ1) is 10.2. The fourth-order valence-corrected chi connectivity index (χ4v) is 2.72. The Morgan fingerprint density at radius 2 is 2.38 bits per heavy atom. The zero-order valence-electron chi connectivity index (χ0n) is 11.8. The van der Waals surface area contributed by atoms with Crippen LogP contribution in [0.4, 0.5) is 0 Å². The number of nitrogens with zero attached hydrogens (tertiary/aromatic N) is 2. The van der Waals surface area contributed by atoms with Crippen molar-refractivity contribution in [2.45, 2.75) is 12.8 Å². The van der Waals surface area contributed by atoms with Gasteiger partial charge in [-0.2, -0.15) is 5.10 Å². The Morgan fingerprint density at radius 3 is 3.19 bits per heavy atom. The van der Waals surface area contributed by atoms with Crippen LogP contribution in [0.15, 0.2) is 24.4 Å². The van der Waals surface area contributed by atoms with Crippen molar-refractivity contribution in [1.29, 1.82) is 0 Å². The first-order valence-electron chi connectivity index (χ1n) is 6.95. The third-order valence-electron chi connectivity index (χ3n) is 3.93. The summed E-state index contributed by atoms with van der Waals surface area (Å²) in [5.74, 6) is -0.602. The van der Waals surface area contributed by atoms with E-state index in [1.165, 1.54) is 7.11 Å². The van der Waals surface area contributed by atoms with Gasteiger partial charge >= 0.3 is 5.97 Å². The second-order valence-corrected chi connectivity index (χ2v) is 5.31. The maximum absolute atomic E-state index is 11.9. The standard InChI is InChI=1S/C15H17N3O3/c1-21-15(20)12-7-14(19)18(9-12)5-4-10-2-3-11-8-16-17-13(11)6-10/h2-3,6,8,12H,4-5,7,9H2,1H3,(H,16,17). The molecular formula is C15H17N3O3. The Hall–Kier alpha value is -2.37. The van der Waals surface area contributed by atoms with Gasteiger partial charge < -0.3 is 9.64 Å². The average molecular weight is 287 g/mol. The van der Waals surface area contributed by atoms with E-state index in [2.05, 4.69) is 10.2 Å². The van der Waals surface area contributed by atoms with Crippen molar-refractivity contribution in [2.24, 2.45) is 5.92 Å². The summed E-state index contributed by atoms with van der Waals surface area (Å²) in [6.45, 7) is 1.07. The molecule has 1 saturated heterocycles. The third kappa shape index (κ3) is 2.74. The molecule has 1 aliphatic heterocycles. The van der Waals surface area contributed by atoms with Gasteiger partial charge in [0.15, 0.2) is 0 Å². The van der Waals surface area contributed by atoms with Crippen LogP contribution in [0.3, 0.4) is 0 Å². The van der Waals surface area contributed by atoms with E-state index < -0.39 is 0 Å². The average Bonchev–Trinajstić information content (AvgIpc) is 3.10. The molecule has 1 aromatic heterocycles. The summed E-state index contributed by atoms with van der Waals surface area (Å²) in [5.41, 5.74) is 2.13. The Morgan fingerprint density at radius 1 is 1.52 bits per heavy atom. The van der Waals surface area contributed by atoms with Gasteiger partial charge in [-0.05, 0) is 18.1 Å². The van der Waals surface area contributed by atoms with Crippen LogP contribution in [0.1, 0.15) is 12.0 Å². The normalized spacial score (nSPS) is 18.4. The zero-order valence-corrected chi connectivity index (χ0v) is 11.8. The number of carbonyl (C=O) groups excluding carboxylic acids is 2. The van der Waals surface area contributed by atoms with Gasteiger partial charge in [0.2, 0.25) is 5.91 Å². The van der Waals surface area contributed by atoms with Crippen LogP contribution >= 0.6 is 0 Å². The highest BCUT2D eigenvalue weighted by Gasteiger charge is 2.34. The first-order valence-corrected chi connectivity index (χ1v) is 6.95. The minimum Gasteiger partial charge on any atom is -0.469 e. The molecule has 2 heterocycles. The summed E-state index contributed by atoms with van der Waals surface area (Å²) < 4.78 is 4.70. The number of benzene rings is 1. The Kier molecular flexibility index (Phi) is 3.60. The molecular weight excluding hydrogens is 270 g/mol. The van der Waals surface area contributed by atoms with Crippen LogP contribution < -0.4 is 0 Å². The van der Waals surface area contributed by atoms with Gasteiger partial charge in [-0.1, -0.05) is 12.1 Å². The fraction of sp³-hybridized carbons (Fsp3) is 0.400. The summed E-state index contributed by atoms with van der Waals surface area (Å²) in [7, 11) is 1.36. The second-order valence-electron chi connectivity index (χ2n) is 5.31. The van der Waals surface area contributed by atoms with E-state index in [0.29, 0.717) is 13.1 Å². The van der Waals surface area contributed by atoms with Gasteiger partial charge in [0.05, 0.1) is 24.7 Å². The topological polar surface area (TPSA) is 75.3 Å². The molecule has 1 atom stereocenters. The zero-order chi connectivity index (χ0) is 14.8. The number of ether oxygens (including phenoxy) is 1. The number of esters is 1. The first kappa shape index (κ1) is 13.6. The lowest BCUT2D eigenvalue weighted by atomic mass is 10.1. The summed E-state index contributed by atoms with van der Waals surface area (Å²) >= 11 is 0. The Balaban J connectivity index is 1.62. The molecule has 1 N–H and O–H groups in total. The number of nitrogens with one attached hydrogen (secondary N) is 1. The summed E-state index contributed by atoms with van der Waals surface area (Å²) in [6, 6.07) is 6.09. The van der Waals surface area contributed by atoms with Crippen LogP contribution in [-0.4, -0.2) is 47.2 Å². The molecule has 1 fully saturated rings. The number of H-pyrrole nitrogens is 1. The summed E-state index contributed by atoms with van der Waals surface area (Å²) in [6.07, 6.45) is 2.80. The molecule has 1 aliphatic rings. The molecule has 110 valence electrons. The van der Waals surface area contributed by atoms with E-state index in [0.717, 1.165) is 22.9 Å². The number of fused-ring (bicyclic) bond motifs is 1. The van der Waals surface area contributed by atoms with Crippen LogP contribution in [0, 0.1) is 5.92 Å². The van der Waals surface area contributed by atoms with E-state index in [9.17, 15) is 9.59 Å². The number of methoxy groups -OCH3 is 1. The van der Waals surface area contributed by atoms with Crippen molar-refractivity contribution in [3.8, 4) is 0 Å². The number of aromatic nitrogens is 2. The predicted octanol–water partition coefficient (Wildman–Crippen LogP) is 1.13. The number of carbonyl (C=O) groups is 2. The van der Waals surface area contributed by atoms with Crippen LogP contribution in [-0.2, 0) is 20.7 Å². The van der Waals surface area contributed by atoms with Crippen LogP contribution in [0.25, 0.3) is 10.9 Å². The highest BCUT2D eigenvalue weighted by atomic mass is 16.5. The Labute approximate surface area is 122 Å². The monoisotopic (exact) mass is 287 g/mol. The SMILES string of the molecule is COC(=O)C1CC(=O)N(CCc2ccc3cn[nH]c3c2)C1. The van der Waals surface area contributed by atoms with Gasteiger partial charge in [-0.15, -0.1) is 0 Å². The number of rotatable bonds is 4. The fourth-order valence-electron chi connectivity index (χ4n) is 2.72. The third-order valence-corrected chi connectivity index (χ3v) is 3.93. The minimum absolute atomic E-state index is 0.0213. The van der Waals surface area contributed by atoms with Crippen molar-refractivity contribution in [3.63, 3.8) is 0 Å². The molecule has 2 aromatic rings. The molecule has 0 saturated carbocycles. The van der Waals surface area contributed by atoms with Crippen LogP contribution in [0.2, 0.25) is 0 Å². The molecule has 21 heavy (non-hydrogen) atoms. The molecule has 1 unspecified atom stereocenters. The molecule has 1 amide bonds. The molecule has 1 aromatic carbocycles. The molecule has 0 bridgehead atoms. The van der Waals surface area contributed by atoms with Crippen molar-refractivity contribution in [1.82, 2.24) is 15.1 Å². The predicted molar refractivity (Wildman–Crippen MR) is 76.5 cm³/mol. The van der Waals surface area contributed by atoms with Crippen LogP contribution in [0.5, 0.6) is 0 Å². The lowest BCUT2D eigenvalue weighted by Crippen LogP contribution is -2.28. The minimum atomic E-state index is -0.322. The summed E-state index contributed by atoms with van der Waals surface area (Å²) in [5, 5.41) is 8.00. The van der Waals surface area contributed by atoms with E-state index in [1.54, 1.807) is 11.1 Å². The highest BCUT2D eigenvalue weighted by molar-refractivity contribution is 5.86. The van der Waals surface area contributed by atoms with Gasteiger partial charge in [0.1, 0.15) is 0 Å². The van der Waals surface area contributed by atoms with Crippen molar-refractivity contribution < 1.29 is 14.3 Å². The van der Waals surface area contributed by atoms with E-state index >= 15 is 0 Å². The maximum atomic E-state index is 11.9. The maximum Gasteiger partial charge on any atom is 0.310 e. The quantitative estimate of drug-likeness (QED) is 0.855. The van der Waals surface area contributed by atoms with Crippen molar-refractivity contribution in [3.05, 3.63) is 30.0 Å².